The molecule has 3 aromatic rings. The van der Waals surface area contributed by atoms with E-state index >= 15 is 0 Å². The summed E-state index contributed by atoms with van der Waals surface area (Å²) < 4.78 is 1.69. The van der Waals surface area contributed by atoms with E-state index in [2.05, 4.69) is 5.10 Å². The number of carboxylic acid groups (broad SMARTS) is 1. The number of thiophene rings is 1. The number of benzene rings is 1. The number of rotatable bonds is 3. The molecule has 0 radical (unpaired) electrons. The summed E-state index contributed by atoms with van der Waals surface area (Å²) in [4.78, 5) is 26.6. The normalized spacial score (nSPS) is 13.5. The van der Waals surface area contributed by atoms with Gasteiger partial charge in [0.1, 0.15) is 0 Å². The molecule has 1 N–H and O–H groups in total. The van der Waals surface area contributed by atoms with Crippen LogP contribution in [0.1, 0.15) is 31.4 Å². The van der Waals surface area contributed by atoms with Gasteiger partial charge in [0.2, 0.25) is 0 Å². The number of carbonyl (C=O) groups is 2. The number of carbonyl (C=O) groups excluding carboxylic acids is 1. The van der Waals surface area contributed by atoms with Crippen LogP contribution in [-0.2, 0) is 13.0 Å². The molecular formula is C18H15N3O3S. The Morgan fingerprint density at radius 3 is 2.60 bits per heavy atom. The van der Waals surface area contributed by atoms with Crippen LogP contribution in [0.15, 0.2) is 47.8 Å². The van der Waals surface area contributed by atoms with Crippen LogP contribution < -0.4 is 0 Å². The number of hydrogen-bond donors (Lipinski definition) is 1. The predicted molar refractivity (Wildman–Crippen MR) is 93.3 cm³/mol. The first-order valence-electron chi connectivity index (χ1n) is 7.87. The zero-order chi connectivity index (χ0) is 17.4. The highest BCUT2D eigenvalue weighted by Gasteiger charge is 2.31. The lowest BCUT2D eigenvalue weighted by Crippen LogP contribution is -2.36. The van der Waals surface area contributed by atoms with Crippen LogP contribution in [0.5, 0.6) is 0 Å². The summed E-state index contributed by atoms with van der Waals surface area (Å²) in [7, 11) is 0. The molecule has 126 valence electrons. The summed E-state index contributed by atoms with van der Waals surface area (Å²) >= 11 is 1.39. The number of carboxylic acids is 1. The molecule has 2 aromatic heterocycles. The van der Waals surface area contributed by atoms with E-state index in [4.69, 9.17) is 0 Å². The molecule has 1 aliphatic rings. The van der Waals surface area contributed by atoms with E-state index in [0.717, 1.165) is 11.4 Å². The van der Waals surface area contributed by atoms with Crippen LogP contribution in [0.25, 0.3) is 5.69 Å². The van der Waals surface area contributed by atoms with Gasteiger partial charge in [0.05, 0.1) is 22.8 Å². The molecule has 1 aromatic carbocycles. The van der Waals surface area contributed by atoms with Crippen LogP contribution in [0.3, 0.4) is 0 Å². The molecule has 0 saturated carbocycles. The molecule has 1 aliphatic heterocycles. The van der Waals surface area contributed by atoms with Gasteiger partial charge in [-0.15, -0.1) is 11.3 Å². The van der Waals surface area contributed by atoms with Crippen LogP contribution in [-0.4, -0.2) is 38.2 Å². The van der Waals surface area contributed by atoms with Gasteiger partial charge in [0.15, 0.2) is 5.69 Å². The topological polar surface area (TPSA) is 75.4 Å². The fraction of sp³-hybridized carbons (Fsp3) is 0.167. The van der Waals surface area contributed by atoms with E-state index in [1.165, 1.54) is 11.3 Å². The predicted octanol–water partition coefficient (Wildman–Crippen LogP) is 2.83. The number of amides is 1. The van der Waals surface area contributed by atoms with Gasteiger partial charge >= 0.3 is 5.97 Å². The molecule has 7 heteroatoms. The van der Waals surface area contributed by atoms with Crippen molar-refractivity contribution in [2.45, 2.75) is 13.0 Å². The van der Waals surface area contributed by atoms with Crippen LogP contribution in [0.2, 0.25) is 0 Å². The van der Waals surface area contributed by atoms with E-state index in [1.54, 1.807) is 15.6 Å². The number of aromatic carboxylic acids is 1. The van der Waals surface area contributed by atoms with Crippen molar-refractivity contribution in [3.8, 4) is 5.69 Å². The number of nitrogens with zero attached hydrogens (tertiary/aromatic N) is 3. The van der Waals surface area contributed by atoms with Crippen molar-refractivity contribution in [2.24, 2.45) is 0 Å². The monoisotopic (exact) mass is 353 g/mol. The first kappa shape index (κ1) is 15.6. The minimum atomic E-state index is -1.07. The fourth-order valence-electron chi connectivity index (χ4n) is 3.10. The first-order valence-corrected chi connectivity index (χ1v) is 8.75. The van der Waals surface area contributed by atoms with Crippen molar-refractivity contribution in [1.82, 2.24) is 14.7 Å². The highest BCUT2D eigenvalue weighted by Crippen LogP contribution is 2.27. The largest absolute Gasteiger partial charge is 0.476 e. The SMILES string of the molecule is O=C(O)c1nn(-c2ccccc2)c2c1CN(C(=O)c1cccs1)CC2. The zero-order valence-electron chi connectivity index (χ0n) is 13.3. The van der Waals surface area contributed by atoms with E-state index in [9.17, 15) is 14.7 Å². The first-order chi connectivity index (χ1) is 12.1. The Labute approximate surface area is 147 Å². The van der Waals surface area contributed by atoms with Gasteiger partial charge < -0.3 is 10.0 Å². The average Bonchev–Trinajstić information content (AvgIpc) is 3.29. The number of para-hydroxylation sites is 1. The van der Waals surface area contributed by atoms with Gasteiger partial charge in [0, 0.05) is 18.5 Å². The number of fused-ring (bicyclic) bond motifs is 1. The van der Waals surface area contributed by atoms with Crippen molar-refractivity contribution in [2.75, 3.05) is 6.54 Å². The molecule has 3 heterocycles. The number of hydrogen-bond acceptors (Lipinski definition) is 4. The molecule has 6 nitrogen and oxygen atoms in total. The maximum absolute atomic E-state index is 12.6. The summed E-state index contributed by atoms with van der Waals surface area (Å²) in [5, 5.41) is 15.7. The second-order valence-electron chi connectivity index (χ2n) is 5.78. The average molecular weight is 353 g/mol. The van der Waals surface area contributed by atoms with Crippen LogP contribution in [0.4, 0.5) is 0 Å². The maximum Gasteiger partial charge on any atom is 0.356 e. The van der Waals surface area contributed by atoms with Crippen LogP contribution in [0, 0.1) is 0 Å². The van der Waals surface area contributed by atoms with Gasteiger partial charge in [-0.3, -0.25) is 4.79 Å². The molecule has 0 unspecified atom stereocenters. The Hall–Kier alpha value is -2.93. The summed E-state index contributed by atoms with van der Waals surface area (Å²) in [6, 6.07) is 13.1. The van der Waals surface area contributed by atoms with Crippen molar-refractivity contribution in [3.05, 3.63) is 69.7 Å². The minimum absolute atomic E-state index is 0.0162. The van der Waals surface area contributed by atoms with Gasteiger partial charge in [0.25, 0.3) is 5.91 Å². The lowest BCUT2D eigenvalue weighted by atomic mass is 10.0. The van der Waals surface area contributed by atoms with Gasteiger partial charge in [-0.05, 0) is 23.6 Å². The van der Waals surface area contributed by atoms with Crippen molar-refractivity contribution in [1.29, 1.82) is 0 Å². The molecule has 0 saturated heterocycles. The van der Waals surface area contributed by atoms with Gasteiger partial charge in [-0.25, -0.2) is 9.48 Å². The fourth-order valence-corrected chi connectivity index (χ4v) is 3.79. The third kappa shape index (κ3) is 2.72. The molecule has 0 fully saturated rings. The summed E-state index contributed by atoms with van der Waals surface area (Å²) in [5.41, 5.74) is 2.32. The van der Waals surface area contributed by atoms with E-state index in [-0.39, 0.29) is 18.1 Å². The molecule has 1 amide bonds. The Morgan fingerprint density at radius 2 is 1.92 bits per heavy atom. The molecule has 0 bridgehead atoms. The standard InChI is InChI=1S/C18H15N3O3S/c22-17(15-7-4-10-25-15)20-9-8-14-13(11-20)16(18(23)24)19-21(14)12-5-2-1-3-6-12/h1-7,10H,8-9,11H2,(H,23,24). The van der Waals surface area contributed by atoms with Gasteiger partial charge in [-0.2, -0.15) is 5.10 Å². The lowest BCUT2D eigenvalue weighted by Gasteiger charge is -2.27. The molecular weight excluding hydrogens is 338 g/mol. The lowest BCUT2D eigenvalue weighted by molar-refractivity contribution is 0.0675. The second kappa shape index (κ2) is 6.18. The smallest absolute Gasteiger partial charge is 0.356 e. The molecule has 0 atom stereocenters. The molecule has 0 spiro atoms. The van der Waals surface area contributed by atoms with Crippen molar-refractivity contribution >= 4 is 23.2 Å². The molecule has 0 aliphatic carbocycles. The maximum atomic E-state index is 12.6. The quantitative estimate of drug-likeness (QED) is 0.786. The highest BCUT2D eigenvalue weighted by molar-refractivity contribution is 7.12. The Bertz CT molecular complexity index is 932. The third-order valence-corrected chi connectivity index (χ3v) is 5.14. The van der Waals surface area contributed by atoms with Crippen molar-refractivity contribution in [3.63, 3.8) is 0 Å². The second-order valence-corrected chi connectivity index (χ2v) is 6.73. The Morgan fingerprint density at radius 1 is 1.12 bits per heavy atom. The highest BCUT2D eigenvalue weighted by atomic mass is 32.1. The Balaban J connectivity index is 1.73. The summed E-state index contributed by atoms with van der Waals surface area (Å²) in [6.45, 7) is 0.807. The zero-order valence-corrected chi connectivity index (χ0v) is 14.1. The van der Waals surface area contributed by atoms with Crippen LogP contribution >= 0.6 is 11.3 Å². The third-order valence-electron chi connectivity index (χ3n) is 4.28. The minimum Gasteiger partial charge on any atom is -0.476 e. The molecule has 25 heavy (non-hydrogen) atoms. The van der Waals surface area contributed by atoms with Crippen molar-refractivity contribution < 1.29 is 14.7 Å². The molecule has 4 rings (SSSR count). The summed E-state index contributed by atoms with van der Waals surface area (Å²) in [5.74, 6) is -1.14. The number of aromatic nitrogens is 2. The van der Waals surface area contributed by atoms with E-state index in [0.29, 0.717) is 23.4 Å². The van der Waals surface area contributed by atoms with E-state index in [1.807, 2.05) is 41.8 Å². The Kier molecular flexibility index (Phi) is 3.85. The van der Waals surface area contributed by atoms with E-state index < -0.39 is 5.97 Å². The summed E-state index contributed by atoms with van der Waals surface area (Å²) in [6.07, 6.45) is 0.571. The van der Waals surface area contributed by atoms with Gasteiger partial charge in [-0.1, -0.05) is 24.3 Å².